The van der Waals surface area contributed by atoms with Crippen molar-refractivity contribution in [1.82, 2.24) is 20.1 Å². The van der Waals surface area contributed by atoms with E-state index in [0.29, 0.717) is 12.0 Å². The van der Waals surface area contributed by atoms with Crippen molar-refractivity contribution >= 4 is 15.7 Å². The number of nitrogens with one attached hydrogen (secondary N) is 1. The first-order valence-corrected chi connectivity index (χ1v) is 14.0. The predicted octanol–water partition coefficient (Wildman–Crippen LogP) is 3.79. The van der Waals surface area contributed by atoms with Gasteiger partial charge in [-0.25, -0.2) is 17.8 Å². The fourth-order valence-corrected chi connectivity index (χ4v) is 6.60. The Morgan fingerprint density at radius 2 is 2.00 bits per heavy atom. The van der Waals surface area contributed by atoms with Gasteiger partial charge in [0.25, 0.3) is 0 Å². The number of hydrogen-bond acceptors (Lipinski definition) is 6. The Bertz CT molecular complexity index is 1280. The zero-order valence-electron chi connectivity index (χ0n) is 20.9. The minimum atomic E-state index is -4.61. The van der Waals surface area contributed by atoms with Gasteiger partial charge in [-0.05, 0) is 46.5 Å². The van der Waals surface area contributed by atoms with Crippen LogP contribution < -0.4 is 10.1 Å². The molecule has 0 saturated carbocycles. The minimum absolute atomic E-state index is 0.00597. The predicted molar refractivity (Wildman–Crippen MR) is 127 cm³/mol. The molecule has 3 heterocycles. The van der Waals surface area contributed by atoms with E-state index in [1.165, 1.54) is 6.07 Å². The molecule has 2 aliphatic rings. The average molecular weight is 547 g/mol. The van der Waals surface area contributed by atoms with Crippen LogP contribution in [0.25, 0.3) is 11.3 Å². The summed E-state index contributed by atoms with van der Waals surface area (Å²) in [6.07, 6.45) is -2.56. The van der Waals surface area contributed by atoms with Crippen LogP contribution in [0.1, 0.15) is 57.3 Å². The van der Waals surface area contributed by atoms with E-state index in [1.54, 1.807) is 13.8 Å². The normalized spacial score (nSPS) is 21.6. The second-order valence-corrected chi connectivity index (χ2v) is 12.3. The summed E-state index contributed by atoms with van der Waals surface area (Å²) in [5.41, 5.74) is 0.0553. The maximum atomic E-state index is 14.8. The van der Waals surface area contributed by atoms with Crippen LogP contribution in [0.2, 0.25) is 0 Å². The third-order valence-corrected chi connectivity index (χ3v) is 8.90. The van der Waals surface area contributed by atoms with Crippen molar-refractivity contribution in [1.29, 1.82) is 0 Å². The number of halogens is 4. The molecular weight excluding hydrogens is 516 g/mol. The number of amides is 1. The smallest absolute Gasteiger partial charge is 0.410 e. The van der Waals surface area contributed by atoms with Crippen LogP contribution in [-0.4, -0.2) is 58.9 Å². The standard InChI is InChI=1S/C24H30F4N4O4S/c1-4-36-20-12-17(18(25)13-29-20)21-16-6-5-15(11-19(16)32(31-21)14(2)24(26,27)28)22(33)30-23(3)7-9-37(34,35)10-8-23/h12-15H,4-11H2,1-3H3,(H,30,33)/t14-,15+/m0/s1. The van der Waals surface area contributed by atoms with Gasteiger partial charge in [0, 0.05) is 40.8 Å². The largest absolute Gasteiger partial charge is 0.478 e. The van der Waals surface area contributed by atoms with Crippen molar-refractivity contribution in [2.75, 3.05) is 18.1 Å². The minimum Gasteiger partial charge on any atom is -0.478 e. The van der Waals surface area contributed by atoms with Crippen molar-refractivity contribution in [2.45, 2.75) is 70.6 Å². The van der Waals surface area contributed by atoms with Gasteiger partial charge < -0.3 is 10.1 Å². The molecule has 1 saturated heterocycles. The first-order valence-electron chi connectivity index (χ1n) is 12.2. The van der Waals surface area contributed by atoms with Crippen LogP contribution in [0.4, 0.5) is 17.6 Å². The lowest BCUT2D eigenvalue weighted by atomic mass is 9.84. The number of sulfone groups is 1. The molecule has 1 aliphatic carbocycles. The van der Waals surface area contributed by atoms with Gasteiger partial charge in [-0.3, -0.25) is 9.48 Å². The molecule has 8 nitrogen and oxygen atoms in total. The van der Waals surface area contributed by atoms with Crippen LogP contribution in [0.5, 0.6) is 5.88 Å². The molecule has 0 spiro atoms. The molecule has 0 unspecified atom stereocenters. The number of fused-ring (bicyclic) bond motifs is 1. The van der Waals surface area contributed by atoms with Crippen LogP contribution in [-0.2, 0) is 27.5 Å². The summed E-state index contributed by atoms with van der Waals surface area (Å²) in [4.78, 5) is 17.0. The van der Waals surface area contributed by atoms with Gasteiger partial charge >= 0.3 is 6.18 Å². The van der Waals surface area contributed by atoms with Gasteiger partial charge in [-0.15, -0.1) is 0 Å². The zero-order valence-corrected chi connectivity index (χ0v) is 21.7. The molecular formula is C24H30F4N4O4S. The number of aromatic nitrogens is 3. The highest BCUT2D eigenvalue weighted by atomic mass is 32.2. The highest BCUT2D eigenvalue weighted by Crippen LogP contribution is 2.40. The lowest BCUT2D eigenvalue weighted by molar-refractivity contribution is -0.165. The molecule has 0 aromatic carbocycles. The highest BCUT2D eigenvalue weighted by molar-refractivity contribution is 7.91. The first kappa shape index (κ1) is 27.3. The van der Waals surface area contributed by atoms with E-state index in [1.807, 2.05) is 0 Å². The van der Waals surface area contributed by atoms with Crippen molar-refractivity contribution in [2.24, 2.45) is 5.92 Å². The zero-order chi connectivity index (χ0) is 27.2. The van der Waals surface area contributed by atoms with E-state index in [4.69, 9.17) is 4.74 Å². The SMILES string of the molecule is CCOc1cc(-c2nn([C@@H](C)C(F)(F)F)c3c2CC[C@@H](C(=O)NC2(C)CCS(=O)(=O)CC2)C3)c(F)cn1. The van der Waals surface area contributed by atoms with Gasteiger partial charge in [-0.2, -0.15) is 18.3 Å². The summed E-state index contributed by atoms with van der Waals surface area (Å²) in [5.74, 6) is -1.64. The number of hydrogen-bond donors (Lipinski definition) is 1. The third-order valence-electron chi connectivity index (χ3n) is 7.24. The fourth-order valence-electron chi connectivity index (χ4n) is 4.88. The van der Waals surface area contributed by atoms with Gasteiger partial charge in [0.05, 0.1) is 30.0 Å². The molecule has 4 rings (SSSR count). The highest BCUT2D eigenvalue weighted by Gasteiger charge is 2.43. The fraction of sp³-hybridized carbons (Fsp3) is 0.625. The molecule has 1 fully saturated rings. The number of pyridine rings is 1. The number of alkyl halides is 3. The second kappa shape index (κ2) is 9.88. The lowest BCUT2D eigenvalue weighted by Crippen LogP contribution is -2.53. The van der Waals surface area contributed by atoms with E-state index >= 15 is 0 Å². The molecule has 204 valence electrons. The lowest BCUT2D eigenvalue weighted by Gasteiger charge is -2.36. The van der Waals surface area contributed by atoms with Crippen LogP contribution >= 0.6 is 0 Å². The average Bonchev–Trinajstić information content (AvgIpc) is 3.20. The molecule has 0 radical (unpaired) electrons. The summed E-state index contributed by atoms with van der Waals surface area (Å²) in [5, 5.41) is 7.15. The summed E-state index contributed by atoms with van der Waals surface area (Å²) >= 11 is 0. The molecule has 13 heteroatoms. The third kappa shape index (κ3) is 5.75. The Hall–Kier alpha value is -2.70. The Morgan fingerprint density at radius 3 is 2.62 bits per heavy atom. The Kier molecular flexibility index (Phi) is 7.30. The van der Waals surface area contributed by atoms with Crippen molar-refractivity contribution in [3.8, 4) is 17.1 Å². The summed E-state index contributed by atoms with van der Waals surface area (Å²) in [7, 11) is -3.13. The van der Waals surface area contributed by atoms with E-state index in [0.717, 1.165) is 17.8 Å². The van der Waals surface area contributed by atoms with Gasteiger partial charge in [0.1, 0.15) is 15.9 Å². The maximum absolute atomic E-state index is 14.8. The number of carbonyl (C=O) groups is 1. The number of nitrogens with zero attached hydrogens (tertiary/aromatic N) is 3. The quantitative estimate of drug-likeness (QED) is 0.553. The molecule has 2 aromatic rings. The topological polar surface area (TPSA) is 103 Å². The summed E-state index contributed by atoms with van der Waals surface area (Å²) in [6.45, 7) is 4.75. The molecule has 1 N–H and O–H groups in total. The van der Waals surface area contributed by atoms with E-state index in [-0.39, 0.29) is 72.5 Å². The summed E-state index contributed by atoms with van der Waals surface area (Å²) < 4.78 is 85.8. The van der Waals surface area contributed by atoms with Crippen LogP contribution in [0.15, 0.2) is 12.3 Å². The Morgan fingerprint density at radius 1 is 1.32 bits per heavy atom. The maximum Gasteiger partial charge on any atom is 0.410 e. The number of carbonyl (C=O) groups excluding carboxylic acids is 1. The van der Waals surface area contributed by atoms with E-state index in [2.05, 4.69) is 15.4 Å². The van der Waals surface area contributed by atoms with Crippen molar-refractivity contribution in [3.63, 3.8) is 0 Å². The van der Waals surface area contributed by atoms with Crippen LogP contribution in [0, 0.1) is 11.7 Å². The van der Waals surface area contributed by atoms with Crippen LogP contribution in [0.3, 0.4) is 0 Å². The van der Waals surface area contributed by atoms with E-state index in [9.17, 15) is 30.8 Å². The Balaban J connectivity index is 1.67. The molecule has 2 aromatic heterocycles. The van der Waals surface area contributed by atoms with Gasteiger partial charge in [0.2, 0.25) is 11.8 Å². The second-order valence-electron chi connectivity index (χ2n) is 10.0. The van der Waals surface area contributed by atoms with Crippen molar-refractivity contribution < 1.29 is 35.5 Å². The Labute approximate surface area is 212 Å². The first-order chi connectivity index (χ1) is 17.2. The molecule has 1 aliphatic heterocycles. The molecule has 37 heavy (non-hydrogen) atoms. The monoisotopic (exact) mass is 546 g/mol. The molecule has 2 atom stereocenters. The van der Waals surface area contributed by atoms with Crippen molar-refractivity contribution in [3.05, 3.63) is 29.3 Å². The van der Waals surface area contributed by atoms with Gasteiger partial charge in [-0.1, -0.05) is 0 Å². The van der Waals surface area contributed by atoms with E-state index < -0.39 is 39.3 Å². The molecule has 0 bridgehead atoms. The number of rotatable bonds is 6. The summed E-state index contributed by atoms with van der Waals surface area (Å²) in [6, 6.07) is -0.671. The number of ether oxygens (including phenoxy) is 1. The van der Waals surface area contributed by atoms with Gasteiger partial charge in [0.15, 0.2) is 5.82 Å². The molecule has 1 amide bonds.